The molecule has 0 aliphatic carbocycles. The molecule has 0 fully saturated rings. The van der Waals surface area contributed by atoms with Gasteiger partial charge >= 0.3 is 0 Å². The van der Waals surface area contributed by atoms with E-state index in [4.69, 9.17) is 37.9 Å². The summed E-state index contributed by atoms with van der Waals surface area (Å²) < 4.78 is 91.6. The van der Waals surface area contributed by atoms with E-state index in [0.29, 0.717) is 38.7 Å². The Morgan fingerprint density at radius 2 is 0.766 bits per heavy atom. The van der Waals surface area contributed by atoms with E-state index >= 15 is 0 Å². The molecule has 15 rings (SSSR count). The van der Waals surface area contributed by atoms with Crippen molar-refractivity contribution in [3.05, 3.63) is 214 Å². The van der Waals surface area contributed by atoms with Crippen LogP contribution < -0.4 is 42.6 Å². The minimum Gasteiger partial charge on any atom is -0.508 e. The highest BCUT2D eigenvalue weighted by molar-refractivity contribution is 7.99. The van der Waals surface area contributed by atoms with Gasteiger partial charge in [-0.05, 0) is 213 Å². The second kappa shape index (κ2) is 28.1. The fourth-order valence-corrected chi connectivity index (χ4v) is 17.6. The van der Waals surface area contributed by atoms with Crippen LogP contribution in [0.25, 0.3) is 65.4 Å². The third-order valence-corrected chi connectivity index (χ3v) is 22.6. The summed E-state index contributed by atoms with van der Waals surface area (Å²) in [4.78, 5) is 15.0. The summed E-state index contributed by atoms with van der Waals surface area (Å²) in [7, 11) is 6.17. The van der Waals surface area contributed by atoms with E-state index in [9.17, 15) is 36.9 Å². The summed E-state index contributed by atoms with van der Waals surface area (Å²) in [6.07, 6.45) is 0. The van der Waals surface area contributed by atoms with Gasteiger partial charge in [-0.1, -0.05) is 47.4 Å². The quantitative estimate of drug-likeness (QED) is 0.120. The molecule has 0 amide bonds. The molecule has 1 unspecified atom stereocenters. The molecule has 4 aliphatic heterocycles. The first kappa shape index (κ1) is 66.1. The van der Waals surface area contributed by atoms with Crippen molar-refractivity contribution in [2.24, 2.45) is 0 Å². The van der Waals surface area contributed by atoms with E-state index in [1.165, 1.54) is 76.1 Å². The highest BCUT2D eigenvalue weighted by Gasteiger charge is 2.31. The van der Waals surface area contributed by atoms with Gasteiger partial charge in [-0.15, -0.1) is 11.8 Å². The standard InChI is InChI=1S/C15H14O4S.C15H14O3S.C15H12O3S.C15H14O2S.C13H10O4S/c1-18-11-3-5-13-10(7-11)9-20(16,17)15-8-12(19-2)4-6-14(13)15;2*1-17-9-3-5-11-12-6-4-10(18-2)8-14(12)19-15(16)13(11)7-9;1-16-11-3-5-13-10(7-11)9-18-15-8-12(17-2)4-6-14(13)15;14-9-1-3-11-8(5-9)7-18(16,17)13-6-10(15)2-4-12(11)13/h3-8H,9H2,1-2H3;3-8,15-16H,1-2H3;3-8H,1-2H3;3-8H,9H2,1-2H3;1-6,14-15H,7H2. The predicted octanol–water partition coefficient (Wildman–Crippen LogP) is 15.6. The van der Waals surface area contributed by atoms with Crippen LogP contribution in [0.4, 0.5) is 0 Å². The molecule has 1 atom stereocenters. The van der Waals surface area contributed by atoms with Gasteiger partial charge in [0.1, 0.15) is 62.9 Å². The minimum absolute atomic E-state index is 0.0142. The zero-order valence-corrected chi connectivity index (χ0v) is 56.3. The highest BCUT2D eigenvalue weighted by atomic mass is 32.2. The normalized spacial score (nSPS) is 14.2. The van der Waals surface area contributed by atoms with Crippen LogP contribution in [-0.2, 0) is 36.9 Å². The van der Waals surface area contributed by atoms with Crippen molar-refractivity contribution < 1.29 is 70.1 Å². The zero-order valence-electron chi connectivity index (χ0n) is 52.2. The first-order valence-corrected chi connectivity index (χ1v) is 35.0. The zero-order chi connectivity index (χ0) is 66.6. The molecular formula is C73H64O16S5. The predicted molar refractivity (Wildman–Crippen MR) is 371 cm³/mol. The van der Waals surface area contributed by atoms with Crippen LogP contribution in [0.3, 0.4) is 0 Å². The molecule has 11 aromatic rings. The Bertz CT molecular complexity index is 4960. The van der Waals surface area contributed by atoms with E-state index < -0.39 is 25.1 Å². The molecule has 3 N–H and O–H groups in total. The van der Waals surface area contributed by atoms with E-state index in [1.807, 2.05) is 103 Å². The Hall–Kier alpha value is -9.35. The number of phenols is 2. The molecule has 1 aromatic heterocycles. The molecule has 94 heavy (non-hydrogen) atoms. The molecule has 0 spiro atoms. The largest absolute Gasteiger partial charge is 0.508 e. The van der Waals surface area contributed by atoms with Crippen LogP contribution in [0, 0.1) is 0 Å². The van der Waals surface area contributed by atoms with Gasteiger partial charge in [0.2, 0.25) is 4.74 Å². The number of aliphatic hydroxyl groups excluding tert-OH is 1. The maximum atomic E-state index is 12.4. The Labute approximate surface area is 556 Å². The summed E-state index contributed by atoms with van der Waals surface area (Å²) in [6, 6.07) is 55.2. The van der Waals surface area contributed by atoms with E-state index in [2.05, 4.69) is 24.3 Å². The molecule has 5 heterocycles. The van der Waals surface area contributed by atoms with E-state index in [0.717, 1.165) is 93.8 Å². The molecule has 16 nitrogen and oxygen atoms in total. The highest BCUT2D eigenvalue weighted by Crippen LogP contribution is 2.50. The van der Waals surface area contributed by atoms with Gasteiger partial charge in [-0.2, -0.15) is 0 Å². The van der Waals surface area contributed by atoms with Crippen LogP contribution in [0.1, 0.15) is 27.7 Å². The summed E-state index contributed by atoms with van der Waals surface area (Å²) in [6.45, 7) is 0. The Balaban J connectivity index is 0.000000120. The first-order valence-electron chi connectivity index (χ1n) is 29.0. The molecule has 0 saturated carbocycles. The molecule has 0 radical (unpaired) electrons. The summed E-state index contributed by atoms with van der Waals surface area (Å²) >= 11 is 4.50. The second-order valence-corrected chi connectivity index (χ2v) is 28.6. The van der Waals surface area contributed by atoms with Crippen molar-refractivity contribution in [1.29, 1.82) is 0 Å². The second-order valence-electron chi connectivity index (χ2n) is 21.5. The van der Waals surface area contributed by atoms with E-state index in [-0.39, 0.29) is 32.6 Å². The molecule has 0 bridgehead atoms. The number of aromatic hydroxyl groups is 2. The maximum absolute atomic E-state index is 12.4. The van der Waals surface area contributed by atoms with Crippen LogP contribution in [0.15, 0.2) is 206 Å². The van der Waals surface area contributed by atoms with Gasteiger partial charge < -0.3 is 53.2 Å². The number of methoxy groups -OCH3 is 8. The van der Waals surface area contributed by atoms with Crippen LogP contribution in [0.5, 0.6) is 57.5 Å². The number of thioether (sulfide) groups is 2. The number of rotatable bonds is 8. The Kier molecular flexibility index (Phi) is 19.8. The average molecular weight is 1360 g/mol. The number of fused-ring (bicyclic) bond motifs is 15. The van der Waals surface area contributed by atoms with Gasteiger partial charge in [0.05, 0.1) is 78.2 Å². The summed E-state index contributed by atoms with van der Waals surface area (Å²) in [5.41, 5.74) is 10.7. The van der Waals surface area contributed by atoms with Gasteiger partial charge in [0.25, 0.3) is 0 Å². The number of phenolic OH excluding ortho intramolecular Hbond substituents is 2. The average Bonchev–Trinajstić information content (AvgIpc) is 0.782. The number of hydrogen-bond acceptors (Lipinski definition) is 19. The fraction of sp³-hybridized carbons (Fsp3) is 0.164. The number of aliphatic hydroxyl groups is 1. The van der Waals surface area contributed by atoms with E-state index in [1.54, 1.807) is 92.2 Å². The molecule has 10 aromatic carbocycles. The lowest BCUT2D eigenvalue weighted by Gasteiger charge is -2.24. The smallest absolute Gasteiger partial charge is 0.240 e. The fourth-order valence-electron chi connectivity index (χ4n) is 11.3. The number of benzene rings is 10. The van der Waals surface area contributed by atoms with Crippen molar-refractivity contribution in [3.8, 4) is 102 Å². The third kappa shape index (κ3) is 13.8. The molecule has 0 saturated heterocycles. The van der Waals surface area contributed by atoms with Crippen molar-refractivity contribution >= 4 is 75.4 Å². The van der Waals surface area contributed by atoms with Gasteiger partial charge in [-0.25, -0.2) is 16.8 Å². The first-order chi connectivity index (χ1) is 45.3. The lowest BCUT2D eigenvalue weighted by atomic mass is 9.99. The lowest BCUT2D eigenvalue weighted by Crippen LogP contribution is -2.13. The third-order valence-electron chi connectivity index (χ3n) is 16.0. The topological polar surface area (TPSA) is 220 Å². The monoisotopic (exact) mass is 1360 g/mol. The number of ether oxygens (including phenoxy) is 8. The van der Waals surface area contributed by atoms with Crippen LogP contribution >= 0.6 is 34.9 Å². The van der Waals surface area contributed by atoms with Gasteiger partial charge in [-0.3, -0.25) is 4.79 Å². The number of hydrogen-bond donors (Lipinski definition) is 3. The van der Waals surface area contributed by atoms with Gasteiger partial charge in [0.15, 0.2) is 19.7 Å². The lowest BCUT2D eigenvalue weighted by molar-refractivity contribution is 0.269. The van der Waals surface area contributed by atoms with Crippen molar-refractivity contribution in [2.45, 2.75) is 42.3 Å². The summed E-state index contributed by atoms with van der Waals surface area (Å²) in [5.74, 6) is 6.85. The van der Waals surface area contributed by atoms with Crippen molar-refractivity contribution in [2.75, 3.05) is 56.9 Å². The van der Waals surface area contributed by atoms with Gasteiger partial charge in [0, 0.05) is 47.7 Å². The van der Waals surface area contributed by atoms with Crippen molar-refractivity contribution in [1.82, 2.24) is 0 Å². The van der Waals surface area contributed by atoms with Crippen molar-refractivity contribution in [3.63, 3.8) is 0 Å². The molecule has 482 valence electrons. The Morgan fingerprint density at radius 1 is 0.372 bits per heavy atom. The molecule has 21 heteroatoms. The summed E-state index contributed by atoms with van der Waals surface area (Å²) in [5, 5.41) is 31.8. The van der Waals surface area contributed by atoms with Crippen LogP contribution in [-0.4, -0.2) is 89.0 Å². The molecule has 4 aliphatic rings. The maximum Gasteiger partial charge on any atom is 0.240 e. The Morgan fingerprint density at radius 3 is 1.35 bits per heavy atom. The number of sulfone groups is 2. The molecular weight excluding hydrogens is 1290 g/mol. The minimum atomic E-state index is -3.47. The van der Waals surface area contributed by atoms with Crippen LogP contribution in [0.2, 0.25) is 0 Å². The SMILES string of the molecule is COc1ccc2c(c1)CS(=O)(=O)c1cc(OC)ccc1-2.COc1ccc2c(c1)CSc1cc(OC)ccc1-2.COc1ccc2c(c1)SC(O)c1cc(OC)ccc1-2.COc1ccc2c(c1)sc(=O)c1cc(OC)ccc12.O=S1(=O)Cc2cc(O)ccc2-c2ccc(O)cc21.